The maximum absolute atomic E-state index is 11.8. The molecule has 3 aromatic rings. The number of hydrogen-bond donors (Lipinski definition) is 4. The van der Waals surface area contributed by atoms with Gasteiger partial charge < -0.3 is 16.5 Å². The molecule has 6 nitrogen and oxygen atoms in total. The molecule has 0 bridgehead atoms. The van der Waals surface area contributed by atoms with Gasteiger partial charge in [0.05, 0.1) is 11.4 Å². The summed E-state index contributed by atoms with van der Waals surface area (Å²) in [7, 11) is 0. The van der Waals surface area contributed by atoms with Gasteiger partial charge in [0.2, 0.25) is 5.95 Å². The van der Waals surface area contributed by atoms with Gasteiger partial charge in [-0.15, -0.1) is 0 Å². The van der Waals surface area contributed by atoms with Crippen molar-refractivity contribution in [1.82, 2.24) is 15.0 Å². The Morgan fingerprint density at radius 2 is 1.90 bits per heavy atom. The Bertz CT molecular complexity index is 816. The Morgan fingerprint density at radius 3 is 2.60 bits per heavy atom. The fourth-order valence-corrected chi connectivity index (χ4v) is 2.18. The number of aromatic amines is 2. The highest BCUT2D eigenvalue weighted by Crippen LogP contribution is 2.21. The number of anilines is 1. The molecule has 6 N–H and O–H groups in total. The highest BCUT2D eigenvalue weighted by Gasteiger charge is 2.14. The summed E-state index contributed by atoms with van der Waals surface area (Å²) >= 11 is 0. The van der Waals surface area contributed by atoms with Crippen molar-refractivity contribution in [2.45, 2.75) is 13.0 Å². The predicted molar refractivity (Wildman–Crippen MR) is 78.3 cm³/mol. The van der Waals surface area contributed by atoms with Gasteiger partial charge in [-0.2, -0.15) is 4.98 Å². The standard InChI is InChI=1S/C14H15N5O/c1-7-2-4-8(5-3-7)11(15)10-6-9-12(17-10)18-14(16)19-13(9)20/h2-6,11H,15H2,1H3,(H4,16,17,18,19,20). The number of nitrogens with one attached hydrogen (secondary N) is 2. The Morgan fingerprint density at radius 1 is 1.20 bits per heavy atom. The molecule has 0 fully saturated rings. The SMILES string of the molecule is Cc1ccc(C(N)c2cc3c(=O)[nH]c(N)nc3[nH]2)cc1. The van der Waals surface area contributed by atoms with E-state index in [1.807, 2.05) is 31.2 Å². The highest BCUT2D eigenvalue weighted by molar-refractivity contribution is 5.76. The van der Waals surface area contributed by atoms with Gasteiger partial charge in [0.15, 0.2) is 0 Å². The van der Waals surface area contributed by atoms with Gasteiger partial charge in [-0.1, -0.05) is 29.8 Å². The lowest BCUT2D eigenvalue weighted by molar-refractivity contribution is 0.840. The van der Waals surface area contributed by atoms with Crippen LogP contribution in [0.3, 0.4) is 0 Å². The van der Waals surface area contributed by atoms with E-state index in [9.17, 15) is 4.79 Å². The molecule has 0 amide bonds. The third-order valence-corrected chi connectivity index (χ3v) is 3.31. The van der Waals surface area contributed by atoms with Crippen LogP contribution in [0.25, 0.3) is 11.0 Å². The van der Waals surface area contributed by atoms with E-state index in [0.29, 0.717) is 11.0 Å². The fourth-order valence-electron chi connectivity index (χ4n) is 2.18. The van der Waals surface area contributed by atoms with Gasteiger partial charge in [-0.3, -0.25) is 9.78 Å². The second-order valence-corrected chi connectivity index (χ2v) is 4.83. The first kappa shape index (κ1) is 12.4. The maximum Gasteiger partial charge on any atom is 0.261 e. The molecule has 0 saturated carbocycles. The minimum atomic E-state index is -0.342. The van der Waals surface area contributed by atoms with Crippen molar-refractivity contribution in [2.24, 2.45) is 5.73 Å². The first-order chi connectivity index (χ1) is 9.54. The molecule has 0 spiro atoms. The highest BCUT2D eigenvalue weighted by atomic mass is 16.1. The summed E-state index contributed by atoms with van der Waals surface area (Å²) in [6.07, 6.45) is 0. The normalized spacial score (nSPS) is 12.7. The van der Waals surface area contributed by atoms with E-state index in [4.69, 9.17) is 11.5 Å². The molecule has 2 aromatic heterocycles. The van der Waals surface area contributed by atoms with Gasteiger partial charge in [-0.05, 0) is 18.6 Å². The van der Waals surface area contributed by atoms with E-state index in [1.54, 1.807) is 6.07 Å². The average molecular weight is 269 g/mol. The summed E-state index contributed by atoms with van der Waals surface area (Å²) in [5.74, 6) is 0.0832. The van der Waals surface area contributed by atoms with Crippen LogP contribution in [0.2, 0.25) is 0 Å². The van der Waals surface area contributed by atoms with E-state index in [-0.39, 0.29) is 17.5 Å². The van der Waals surface area contributed by atoms with Gasteiger partial charge >= 0.3 is 0 Å². The van der Waals surface area contributed by atoms with Crippen molar-refractivity contribution in [2.75, 3.05) is 5.73 Å². The van der Waals surface area contributed by atoms with Crippen molar-refractivity contribution in [3.8, 4) is 0 Å². The number of H-pyrrole nitrogens is 2. The summed E-state index contributed by atoms with van der Waals surface area (Å²) in [6.45, 7) is 2.02. The lowest BCUT2D eigenvalue weighted by Crippen LogP contribution is -2.12. The molecule has 1 aromatic carbocycles. The first-order valence-electron chi connectivity index (χ1n) is 6.25. The molecule has 0 radical (unpaired) electrons. The molecule has 0 aliphatic heterocycles. The van der Waals surface area contributed by atoms with E-state index in [0.717, 1.165) is 11.3 Å². The van der Waals surface area contributed by atoms with E-state index in [1.165, 1.54) is 5.56 Å². The molecule has 20 heavy (non-hydrogen) atoms. The zero-order valence-corrected chi connectivity index (χ0v) is 11.0. The summed E-state index contributed by atoms with van der Waals surface area (Å²) < 4.78 is 0. The summed E-state index contributed by atoms with van der Waals surface area (Å²) in [5, 5.41) is 0.455. The minimum Gasteiger partial charge on any atom is -0.369 e. The molecule has 6 heteroatoms. The second kappa shape index (κ2) is 4.50. The lowest BCUT2D eigenvalue weighted by Gasteiger charge is -2.10. The zero-order chi connectivity index (χ0) is 14.3. The van der Waals surface area contributed by atoms with E-state index < -0.39 is 0 Å². The van der Waals surface area contributed by atoms with Gasteiger partial charge in [-0.25, -0.2) is 0 Å². The third-order valence-electron chi connectivity index (χ3n) is 3.31. The number of aryl methyl sites for hydroxylation is 1. The molecular formula is C14H15N5O. The molecular weight excluding hydrogens is 254 g/mol. The van der Waals surface area contributed by atoms with Crippen molar-refractivity contribution in [3.63, 3.8) is 0 Å². The molecule has 0 aliphatic rings. The molecule has 1 atom stereocenters. The minimum absolute atomic E-state index is 0.0832. The van der Waals surface area contributed by atoms with Crippen LogP contribution in [-0.4, -0.2) is 15.0 Å². The van der Waals surface area contributed by atoms with E-state index in [2.05, 4.69) is 15.0 Å². The number of nitrogen functional groups attached to an aromatic ring is 1. The van der Waals surface area contributed by atoms with Crippen LogP contribution in [0, 0.1) is 6.92 Å². The monoisotopic (exact) mass is 269 g/mol. The van der Waals surface area contributed by atoms with Crippen LogP contribution < -0.4 is 17.0 Å². The van der Waals surface area contributed by atoms with Crippen molar-refractivity contribution >= 4 is 17.0 Å². The molecule has 0 saturated heterocycles. The number of rotatable bonds is 2. The second-order valence-electron chi connectivity index (χ2n) is 4.83. The van der Waals surface area contributed by atoms with Crippen LogP contribution in [-0.2, 0) is 0 Å². The van der Waals surface area contributed by atoms with Gasteiger partial charge in [0, 0.05) is 5.69 Å². The van der Waals surface area contributed by atoms with Crippen LogP contribution in [0.15, 0.2) is 35.1 Å². The van der Waals surface area contributed by atoms with Crippen molar-refractivity contribution in [1.29, 1.82) is 0 Å². The van der Waals surface area contributed by atoms with E-state index >= 15 is 0 Å². The van der Waals surface area contributed by atoms with Gasteiger partial charge in [0.25, 0.3) is 5.56 Å². The summed E-state index contributed by atoms with van der Waals surface area (Å²) in [4.78, 5) is 21.4. The van der Waals surface area contributed by atoms with Crippen LogP contribution >= 0.6 is 0 Å². The number of nitrogens with zero attached hydrogens (tertiary/aromatic N) is 1. The predicted octanol–water partition coefficient (Wildman–Crippen LogP) is 1.19. The van der Waals surface area contributed by atoms with Gasteiger partial charge in [0.1, 0.15) is 5.65 Å². The molecule has 102 valence electrons. The number of benzene rings is 1. The summed E-state index contributed by atoms with van der Waals surface area (Å²) in [6, 6.07) is 9.31. The Labute approximate surface area is 114 Å². The first-order valence-corrected chi connectivity index (χ1v) is 6.25. The smallest absolute Gasteiger partial charge is 0.261 e. The molecule has 3 rings (SSSR count). The van der Waals surface area contributed by atoms with Crippen molar-refractivity contribution in [3.05, 3.63) is 57.5 Å². The summed E-state index contributed by atoms with van der Waals surface area (Å²) in [5.41, 5.74) is 14.8. The van der Waals surface area contributed by atoms with Crippen LogP contribution in [0.5, 0.6) is 0 Å². The largest absolute Gasteiger partial charge is 0.369 e. The van der Waals surface area contributed by atoms with Crippen LogP contribution in [0.4, 0.5) is 5.95 Å². The molecule has 2 heterocycles. The lowest BCUT2D eigenvalue weighted by atomic mass is 10.0. The molecule has 1 unspecified atom stereocenters. The third kappa shape index (κ3) is 2.06. The number of aromatic nitrogens is 3. The van der Waals surface area contributed by atoms with Crippen LogP contribution in [0.1, 0.15) is 22.9 Å². The Balaban J connectivity index is 2.08. The quantitative estimate of drug-likeness (QED) is 0.559. The maximum atomic E-state index is 11.8. The number of fused-ring (bicyclic) bond motifs is 1. The Kier molecular flexibility index (Phi) is 2.80. The van der Waals surface area contributed by atoms with Crippen molar-refractivity contribution < 1.29 is 0 Å². The fraction of sp³-hybridized carbons (Fsp3) is 0.143. The topological polar surface area (TPSA) is 114 Å². The molecule has 0 aliphatic carbocycles. The zero-order valence-electron chi connectivity index (χ0n) is 11.0. The number of nitrogens with two attached hydrogens (primary N) is 2. The Hall–Kier alpha value is -2.60. The number of hydrogen-bond acceptors (Lipinski definition) is 4. The average Bonchev–Trinajstić information content (AvgIpc) is 2.83.